The number of benzene rings is 3. The normalized spacial score (nSPS) is 15.4. The van der Waals surface area contributed by atoms with Crippen molar-refractivity contribution in [1.82, 2.24) is 0 Å². The number of hydrogen-bond acceptors (Lipinski definition) is 3. The van der Waals surface area contributed by atoms with Gasteiger partial charge in [-0.25, -0.2) is 0 Å². The Morgan fingerprint density at radius 2 is 1.00 bits per heavy atom. The van der Waals surface area contributed by atoms with E-state index in [4.69, 9.17) is 0 Å². The topological polar surface area (TPSA) is 54.4 Å². The van der Waals surface area contributed by atoms with Gasteiger partial charge in [-0.3, -0.25) is 9.59 Å². The Labute approximate surface area is 246 Å². The van der Waals surface area contributed by atoms with Gasteiger partial charge in [0.05, 0.1) is 0 Å². The molecule has 4 heteroatoms. The minimum Gasteiger partial charge on any atom is -0.289 e. The summed E-state index contributed by atoms with van der Waals surface area (Å²) in [6, 6.07) is 33.3. The van der Waals surface area contributed by atoms with Gasteiger partial charge in [-0.15, -0.1) is 0 Å². The van der Waals surface area contributed by atoms with Crippen molar-refractivity contribution < 1.29 is 14.7 Å². The minimum absolute atomic E-state index is 0.0343. The average Bonchev–Trinajstić information content (AvgIpc) is 3.02. The molecule has 0 aromatic heterocycles. The molecule has 1 aliphatic carbocycles. The van der Waals surface area contributed by atoms with Crippen molar-refractivity contribution in [3.8, 4) is 0 Å². The van der Waals surface area contributed by atoms with E-state index in [1.54, 1.807) is 20.8 Å². The van der Waals surface area contributed by atoms with E-state index in [0.717, 1.165) is 25.7 Å². The number of rotatable bonds is 14. The van der Waals surface area contributed by atoms with Crippen LogP contribution in [-0.2, 0) is 9.59 Å². The Morgan fingerprint density at radius 1 is 0.561 bits per heavy atom. The molecule has 0 saturated carbocycles. The second-order valence-corrected chi connectivity index (χ2v) is 15.6. The number of unbranched alkanes of at least 4 members (excludes halogenated alkanes) is 4. The van der Waals surface area contributed by atoms with Gasteiger partial charge in [0.25, 0.3) is 0 Å². The fourth-order valence-electron chi connectivity index (χ4n) is 6.31. The standard InChI is InChI=1S/C37H45O3P/c1-28-29(2)37(40)35(30(3)36(28)39)26-25-31(38)18-10-5-4-6-17-27-41(32-19-11-7-12-20-32,33-21-13-8-14-22-33)34-23-15-9-16-24-34/h7-9,11-16,19-24,31,38,41H,4-6,10,17-18,25-27H2,1-3H3. The predicted molar refractivity (Wildman–Crippen MR) is 175 cm³/mol. The van der Waals surface area contributed by atoms with E-state index < -0.39 is 13.4 Å². The SMILES string of the molecule is CC1=C(C)C(=O)C(CCC(O)CCCCCCC[PH](c2ccccc2)(c2ccccc2)c2ccccc2)=C(C)C1=O. The smallest absolute Gasteiger partial charge is 0.289 e. The zero-order chi connectivity index (χ0) is 29.2. The van der Waals surface area contributed by atoms with Gasteiger partial charge >= 0.3 is 200 Å². The summed E-state index contributed by atoms with van der Waals surface area (Å²) in [5.41, 5.74) is 2.23. The van der Waals surface area contributed by atoms with Crippen molar-refractivity contribution in [3.63, 3.8) is 0 Å². The third-order valence-electron chi connectivity index (χ3n) is 8.93. The van der Waals surface area contributed by atoms with Gasteiger partial charge in [-0.2, -0.15) is 0 Å². The van der Waals surface area contributed by atoms with Crippen molar-refractivity contribution >= 4 is 34.7 Å². The molecule has 0 aliphatic heterocycles. The van der Waals surface area contributed by atoms with Crippen LogP contribution in [0, 0.1) is 0 Å². The van der Waals surface area contributed by atoms with Crippen molar-refractivity contribution in [3.05, 3.63) is 113 Å². The molecule has 216 valence electrons. The Bertz CT molecular complexity index is 1280. The van der Waals surface area contributed by atoms with E-state index in [1.807, 2.05) is 0 Å². The van der Waals surface area contributed by atoms with Crippen molar-refractivity contribution in [1.29, 1.82) is 0 Å². The zero-order valence-electron chi connectivity index (χ0n) is 24.9. The molecule has 41 heavy (non-hydrogen) atoms. The van der Waals surface area contributed by atoms with E-state index in [9.17, 15) is 14.7 Å². The molecule has 3 aromatic rings. The average molecular weight is 569 g/mol. The summed E-state index contributed by atoms with van der Waals surface area (Å²) in [4.78, 5) is 25.1. The summed E-state index contributed by atoms with van der Waals surface area (Å²) < 4.78 is 0. The molecule has 0 amide bonds. The number of aliphatic hydroxyl groups excluding tert-OH is 1. The summed E-state index contributed by atoms with van der Waals surface area (Å²) in [6.45, 7) is 5.19. The van der Waals surface area contributed by atoms with Gasteiger partial charge < -0.3 is 0 Å². The number of Topliss-reactive ketones (excluding diaryl/α,β-unsaturated/α-hetero) is 2. The van der Waals surface area contributed by atoms with Gasteiger partial charge in [0.2, 0.25) is 0 Å². The summed E-state index contributed by atoms with van der Waals surface area (Å²) in [5.74, 6) is -0.0709. The van der Waals surface area contributed by atoms with Crippen LogP contribution in [0.4, 0.5) is 0 Å². The predicted octanol–water partition coefficient (Wildman–Crippen LogP) is 7.00. The van der Waals surface area contributed by atoms with Crippen LogP contribution in [0.3, 0.4) is 0 Å². The third kappa shape index (κ3) is 7.21. The van der Waals surface area contributed by atoms with Gasteiger partial charge in [-0.05, 0) is 20.8 Å². The quantitative estimate of drug-likeness (QED) is 0.129. The van der Waals surface area contributed by atoms with Crippen LogP contribution in [-0.4, -0.2) is 28.9 Å². The number of aliphatic hydroxyl groups is 1. The van der Waals surface area contributed by atoms with E-state index in [2.05, 4.69) is 91.0 Å². The maximum absolute atomic E-state index is 12.7. The van der Waals surface area contributed by atoms with E-state index in [0.29, 0.717) is 35.1 Å². The molecule has 3 aromatic carbocycles. The first-order valence-electron chi connectivity index (χ1n) is 15.2. The molecule has 0 spiro atoms. The first-order valence-corrected chi connectivity index (χ1v) is 17.4. The van der Waals surface area contributed by atoms with Crippen LogP contribution < -0.4 is 15.9 Å². The zero-order valence-corrected chi connectivity index (χ0v) is 25.9. The van der Waals surface area contributed by atoms with Crippen molar-refractivity contribution in [2.24, 2.45) is 0 Å². The molecule has 0 bridgehead atoms. The van der Waals surface area contributed by atoms with E-state index in [-0.39, 0.29) is 11.6 Å². The molecule has 1 atom stereocenters. The summed E-state index contributed by atoms with van der Waals surface area (Å²) in [5, 5.41) is 15.0. The van der Waals surface area contributed by atoms with Crippen molar-refractivity contribution in [2.75, 3.05) is 6.16 Å². The molecule has 0 radical (unpaired) electrons. The second kappa shape index (κ2) is 14.7. The van der Waals surface area contributed by atoms with E-state index >= 15 is 0 Å². The van der Waals surface area contributed by atoms with Crippen LogP contribution in [0.5, 0.6) is 0 Å². The van der Waals surface area contributed by atoms with Crippen LogP contribution in [0.15, 0.2) is 113 Å². The second-order valence-electron chi connectivity index (χ2n) is 11.5. The molecule has 0 fully saturated rings. The van der Waals surface area contributed by atoms with Crippen LogP contribution >= 0.6 is 7.26 Å². The Balaban J connectivity index is 1.30. The number of ketones is 2. The fraction of sp³-hybridized carbons (Fsp3) is 0.351. The Morgan fingerprint density at radius 3 is 1.51 bits per heavy atom. The molecule has 0 saturated heterocycles. The molecular weight excluding hydrogens is 523 g/mol. The number of carbonyl (C=O) groups excluding carboxylic acids is 2. The molecular formula is C37H45O3P. The van der Waals surface area contributed by atoms with Crippen LogP contribution in [0.1, 0.15) is 72.1 Å². The molecule has 4 rings (SSSR count). The van der Waals surface area contributed by atoms with Crippen LogP contribution in [0.25, 0.3) is 0 Å². The molecule has 3 nitrogen and oxygen atoms in total. The third-order valence-corrected chi connectivity index (χ3v) is 14.0. The number of allylic oxidation sites excluding steroid dienone is 4. The molecule has 0 heterocycles. The summed E-state index contributed by atoms with van der Waals surface area (Å²) in [7, 11) is -2.16. The Kier molecular flexibility index (Phi) is 11.0. The number of hydrogen-bond donors (Lipinski definition) is 1. The fourth-order valence-corrected chi connectivity index (χ4v) is 11.2. The van der Waals surface area contributed by atoms with Gasteiger partial charge in [0.1, 0.15) is 0 Å². The van der Waals surface area contributed by atoms with Gasteiger partial charge in [0, 0.05) is 11.1 Å². The number of carbonyl (C=O) groups is 2. The minimum atomic E-state index is -2.16. The first kappa shape index (κ1) is 30.8. The van der Waals surface area contributed by atoms with Crippen molar-refractivity contribution in [2.45, 2.75) is 78.2 Å². The first-order chi connectivity index (χ1) is 19.9. The Hall–Kier alpha value is -3.13. The molecule has 1 aliphatic rings. The summed E-state index contributed by atoms with van der Waals surface area (Å²) >= 11 is 0. The molecule has 1 N–H and O–H groups in total. The van der Waals surface area contributed by atoms with Gasteiger partial charge in [0.15, 0.2) is 5.78 Å². The molecule has 1 unspecified atom stereocenters. The summed E-state index contributed by atoms with van der Waals surface area (Å²) in [6.07, 6.45) is 8.01. The maximum atomic E-state index is 12.7. The van der Waals surface area contributed by atoms with Crippen LogP contribution in [0.2, 0.25) is 0 Å². The van der Waals surface area contributed by atoms with E-state index in [1.165, 1.54) is 34.9 Å². The monoisotopic (exact) mass is 568 g/mol. The van der Waals surface area contributed by atoms with Gasteiger partial charge in [-0.1, -0.05) is 0 Å².